The number of nitrogens with zero attached hydrogens (tertiary/aromatic N) is 1. The van der Waals surface area contributed by atoms with Crippen molar-refractivity contribution in [3.8, 4) is 10.4 Å². The Morgan fingerprint density at radius 2 is 1.90 bits per heavy atom. The molecule has 1 saturated heterocycles. The number of hydrogen-bond donors (Lipinski definition) is 1. The molecular weight excluding hydrogens is 276 g/mol. The van der Waals surface area contributed by atoms with E-state index in [0.29, 0.717) is 6.04 Å². The molecule has 0 bridgehead atoms. The van der Waals surface area contributed by atoms with Crippen LogP contribution in [0.5, 0.6) is 0 Å². The molecule has 112 valence electrons. The highest BCUT2D eigenvalue weighted by Gasteiger charge is 2.22. The van der Waals surface area contributed by atoms with Crippen LogP contribution in [-0.2, 0) is 0 Å². The van der Waals surface area contributed by atoms with E-state index in [2.05, 4.69) is 66.0 Å². The van der Waals surface area contributed by atoms with Crippen LogP contribution in [-0.4, -0.2) is 31.1 Å². The first-order valence-electron chi connectivity index (χ1n) is 7.82. The lowest BCUT2D eigenvalue weighted by Gasteiger charge is -2.33. The number of likely N-dealkylation sites (tertiary alicyclic amines) is 1. The molecular formula is C18H24N2S. The number of rotatable bonds is 4. The quantitative estimate of drug-likeness (QED) is 0.890. The minimum absolute atomic E-state index is 0.528. The number of thiophene rings is 1. The minimum atomic E-state index is 0.528. The number of nitrogens with one attached hydrogen (secondary N) is 1. The predicted molar refractivity (Wildman–Crippen MR) is 93.1 cm³/mol. The van der Waals surface area contributed by atoms with E-state index >= 15 is 0 Å². The van der Waals surface area contributed by atoms with Crippen LogP contribution in [0.4, 0.5) is 5.69 Å². The molecule has 1 aromatic carbocycles. The summed E-state index contributed by atoms with van der Waals surface area (Å²) in [4.78, 5) is 3.77. The van der Waals surface area contributed by atoms with Gasteiger partial charge in [-0.05, 0) is 63.3 Å². The largest absolute Gasteiger partial charge is 0.382 e. The number of piperidine rings is 1. The average Bonchev–Trinajstić information content (AvgIpc) is 3.02. The van der Waals surface area contributed by atoms with E-state index in [4.69, 9.17) is 0 Å². The third kappa shape index (κ3) is 3.47. The highest BCUT2D eigenvalue weighted by Crippen LogP contribution is 2.33. The molecule has 0 aliphatic carbocycles. The Hall–Kier alpha value is -1.32. The molecule has 21 heavy (non-hydrogen) atoms. The van der Waals surface area contributed by atoms with Gasteiger partial charge in [-0.1, -0.05) is 24.3 Å². The molecule has 1 aliphatic rings. The maximum Gasteiger partial charge on any atom is 0.0430 e. The SMILES string of the molecule is CC(Nc1ccccc1-c1cccs1)C1CCN(C)CC1. The Morgan fingerprint density at radius 3 is 2.62 bits per heavy atom. The van der Waals surface area contributed by atoms with Gasteiger partial charge < -0.3 is 10.2 Å². The zero-order valence-corrected chi connectivity index (χ0v) is 13.7. The van der Waals surface area contributed by atoms with Crippen molar-refractivity contribution in [2.45, 2.75) is 25.8 Å². The zero-order chi connectivity index (χ0) is 14.7. The molecule has 0 amide bonds. The maximum atomic E-state index is 3.77. The summed E-state index contributed by atoms with van der Waals surface area (Å²) in [5.74, 6) is 0.776. The van der Waals surface area contributed by atoms with Crippen LogP contribution in [0.2, 0.25) is 0 Å². The highest BCUT2D eigenvalue weighted by atomic mass is 32.1. The first-order chi connectivity index (χ1) is 10.2. The molecule has 3 heteroatoms. The van der Waals surface area contributed by atoms with Crippen molar-refractivity contribution < 1.29 is 0 Å². The molecule has 0 spiro atoms. The third-order valence-electron chi connectivity index (χ3n) is 4.57. The fraction of sp³-hybridized carbons (Fsp3) is 0.444. The molecule has 1 unspecified atom stereocenters. The van der Waals surface area contributed by atoms with E-state index in [-0.39, 0.29) is 0 Å². The van der Waals surface area contributed by atoms with E-state index in [1.54, 1.807) is 11.3 Å². The molecule has 1 N–H and O–H groups in total. The van der Waals surface area contributed by atoms with Gasteiger partial charge in [0.1, 0.15) is 0 Å². The van der Waals surface area contributed by atoms with Gasteiger partial charge in [0.2, 0.25) is 0 Å². The van der Waals surface area contributed by atoms with Crippen molar-refractivity contribution in [1.82, 2.24) is 4.90 Å². The fourth-order valence-electron chi connectivity index (χ4n) is 3.15. The Bertz CT molecular complexity index is 556. The minimum Gasteiger partial charge on any atom is -0.382 e. The first-order valence-corrected chi connectivity index (χ1v) is 8.70. The normalized spacial score (nSPS) is 18.6. The monoisotopic (exact) mass is 300 g/mol. The van der Waals surface area contributed by atoms with Crippen LogP contribution in [0.15, 0.2) is 41.8 Å². The van der Waals surface area contributed by atoms with E-state index in [1.807, 2.05) is 0 Å². The van der Waals surface area contributed by atoms with E-state index in [0.717, 1.165) is 5.92 Å². The van der Waals surface area contributed by atoms with Crippen molar-refractivity contribution in [1.29, 1.82) is 0 Å². The van der Waals surface area contributed by atoms with Crippen LogP contribution < -0.4 is 5.32 Å². The second kappa shape index (κ2) is 6.63. The smallest absolute Gasteiger partial charge is 0.0430 e. The molecule has 0 saturated carbocycles. The number of anilines is 1. The second-order valence-corrected chi connectivity index (χ2v) is 7.04. The molecule has 3 rings (SSSR count). The van der Waals surface area contributed by atoms with Gasteiger partial charge in [0.05, 0.1) is 0 Å². The summed E-state index contributed by atoms with van der Waals surface area (Å²) in [6.07, 6.45) is 2.59. The van der Waals surface area contributed by atoms with Gasteiger partial charge in [0, 0.05) is 22.2 Å². The van der Waals surface area contributed by atoms with E-state index < -0.39 is 0 Å². The molecule has 1 aromatic heterocycles. The number of benzene rings is 1. The zero-order valence-electron chi connectivity index (χ0n) is 12.9. The van der Waals surface area contributed by atoms with Gasteiger partial charge in [-0.25, -0.2) is 0 Å². The average molecular weight is 300 g/mol. The molecule has 2 heterocycles. The van der Waals surface area contributed by atoms with Gasteiger partial charge in [-0.2, -0.15) is 0 Å². The summed E-state index contributed by atoms with van der Waals surface area (Å²) in [6, 6.07) is 13.5. The van der Waals surface area contributed by atoms with Crippen LogP contribution >= 0.6 is 11.3 Å². The molecule has 0 radical (unpaired) electrons. The van der Waals surface area contributed by atoms with Gasteiger partial charge >= 0.3 is 0 Å². The Balaban J connectivity index is 1.73. The third-order valence-corrected chi connectivity index (χ3v) is 5.47. The topological polar surface area (TPSA) is 15.3 Å². The molecule has 1 fully saturated rings. The number of para-hydroxylation sites is 1. The van der Waals surface area contributed by atoms with Crippen molar-refractivity contribution in [3.63, 3.8) is 0 Å². The molecule has 1 atom stereocenters. The lowest BCUT2D eigenvalue weighted by Crippen LogP contribution is -2.37. The summed E-state index contributed by atoms with van der Waals surface area (Å²) in [6.45, 7) is 4.79. The van der Waals surface area contributed by atoms with Crippen LogP contribution in [0, 0.1) is 5.92 Å². The van der Waals surface area contributed by atoms with Crippen LogP contribution in [0.1, 0.15) is 19.8 Å². The van der Waals surface area contributed by atoms with Gasteiger partial charge in [0.25, 0.3) is 0 Å². The summed E-state index contributed by atoms with van der Waals surface area (Å²) in [7, 11) is 2.22. The molecule has 1 aliphatic heterocycles. The molecule has 2 aromatic rings. The van der Waals surface area contributed by atoms with Gasteiger partial charge in [-0.3, -0.25) is 0 Å². The van der Waals surface area contributed by atoms with E-state index in [9.17, 15) is 0 Å². The summed E-state index contributed by atoms with van der Waals surface area (Å²) in [5.41, 5.74) is 2.60. The van der Waals surface area contributed by atoms with Gasteiger partial charge in [0.15, 0.2) is 0 Å². The van der Waals surface area contributed by atoms with Crippen LogP contribution in [0.3, 0.4) is 0 Å². The van der Waals surface area contributed by atoms with Crippen molar-refractivity contribution in [3.05, 3.63) is 41.8 Å². The maximum absolute atomic E-state index is 3.77. The lowest BCUT2D eigenvalue weighted by molar-refractivity contribution is 0.208. The van der Waals surface area contributed by atoms with Crippen LogP contribution in [0.25, 0.3) is 10.4 Å². The summed E-state index contributed by atoms with van der Waals surface area (Å²) >= 11 is 1.81. The predicted octanol–water partition coefficient (Wildman–Crippen LogP) is 4.56. The fourth-order valence-corrected chi connectivity index (χ4v) is 3.91. The lowest BCUT2D eigenvalue weighted by atomic mass is 9.90. The summed E-state index contributed by atoms with van der Waals surface area (Å²) < 4.78 is 0. The highest BCUT2D eigenvalue weighted by molar-refractivity contribution is 7.13. The molecule has 2 nitrogen and oxygen atoms in total. The van der Waals surface area contributed by atoms with Crippen molar-refractivity contribution in [2.24, 2.45) is 5.92 Å². The van der Waals surface area contributed by atoms with E-state index in [1.165, 1.54) is 42.1 Å². The van der Waals surface area contributed by atoms with Crippen molar-refractivity contribution >= 4 is 17.0 Å². The second-order valence-electron chi connectivity index (χ2n) is 6.10. The Labute approximate surface area is 131 Å². The first kappa shape index (κ1) is 14.6. The standard InChI is InChI=1S/C18H24N2S/c1-14(15-9-11-20(2)12-10-15)19-17-7-4-3-6-16(17)18-8-5-13-21-18/h3-8,13-15,19H,9-12H2,1-2H3. The van der Waals surface area contributed by atoms with Crippen molar-refractivity contribution in [2.75, 3.05) is 25.5 Å². The Morgan fingerprint density at radius 1 is 1.14 bits per heavy atom. The summed E-state index contributed by atoms with van der Waals surface area (Å²) in [5, 5.41) is 5.92. The number of hydrogen-bond acceptors (Lipinski definition) is 3. The van der Waals surface area contributed by atoms with Gasteiger partial charge in [-0.15, -0.1) is 11.3 Å². The Kier molecular flexibility index (Phi) is 4.61.